The van der Waals surface area contributed by atoms with Gasteiger partial charge in [-0.15, -0.1) is 0 Å². The number of nitrogens with zero attached hydrogens (tertiary/aromatic N) is 3. The first-order valence-electron chi connectivity index (χ1n) is 12.7. The predicted molar refractivity (Wildman–Crippen MR) is 140 cm³/mol. The van der Waals surface area contributed by atoms with Crippen LogP contribution in [0, 0.1) is 0 Å². The largest absolute Gasteiger partial charge is 0.497 e. The van der Waals surface area contributed by atoms with Crippen LogP contribution in [-0.2, 0) is 22.6 Å². The molecule has 0 spiro atoms. The molecule has 9 nitrogen and oxygen atoms in total. The Balaban J connectivity index is 1.74. The molecule has 3 rings (SSSR count). The van der Waals surface area contributed by atoms with Crippen molar-refractivity contribution in [2.75, 3.05) is 33.3 Å². The van der Waals surface area contributed by atoms with E-state index in [9.17, 15) is 14.4 Å². The van der Waals surface area contributed by atoms with Crippen molar-refractivity contribution in [3.05, 3.63) is 46.4 Å². The average molecular weight is 498 g/mol. The van der Waals surface area contributed by atoms with Crippen molar-refractivity contribution < 1.29 is 14.3 Å². The predicted octanol–water partition coefficient (Wildman–Crippen LogP) is 2.37. The van der Waals surface area contributed by atoms with E-state index < -0.39 is 11.1 Å². The SMILES string of the molecule is COc1cccc(-c2cnn(CC(=O)NCCCN3CCCCC3)c(=O)c2CC(=O)NC(C)(C)C)c1. The molecule has 2 aromatic rings. The van der Waals surface area contributed by atoms with E-state index in [-0.39, 0.29) is 30.3 Å². The number of amides is 2. The van der Waals surface area contributed by atoms with Crippen molar-refractivity contribution in [3.8, 4) is 16.9 Å². The maximum Gasteiger partial charge on any atom is 0.271 e. The highest BCUT2D eigenvalue weighted by molar-refractivity contribution is 5.82. The van der Waals surface area contributed by atoms with Crippen LogP contribution in [0.15, 0.2) is 35.3 Å². The van der Waals surface area contributed by atoms with Gasteiger partial charge in [0.1, 0.15) is 12.3 Å². The van der Waals surface area contributed by atoms with Crippen LogP contribution in [0.1, 0.15) is 52.0 Å². The standard InChI is InChI=1S/C27H39N5O4/c1-27(2,3)30-24(33)17-22-23(20-10-8-11-21(16-20)36-4)18-29-32(26(22)35)19-25(34)28-12-9-15-31-13-6-5-7-14-31/h8,10-11,16,18H,5-7,9,12-15,17,19H2,1-4H3,(H,28,34)(H,30,33). The number of carbonyl (C=O) groups is 2. The number of likely N-dealkylation sites (tertiary alicyclic amines) is 1. The molecule has 0 aliphatic carbocycles. The second kappa shape index (κ2) is 12.7. The van der Waals surface area contributed by atoms with Crippen molar-refractivity contribution in [1.82, 2.24) is 25.3 Å². The number of hydrogen-bond acceptors (Lipinski definition) is 6. The van der Waals surface area contributed by atoms with E-state index in [2.05, 4.69) is 20.6 Å². The van der Waals surface area contributed by atoms with Crippen LogP contribution in [0.4, 0.5) is 0 Å². The first-order valence-corrected chi connectivity index (χ1v) is 12.7. The highest BCUT2D eigenvalue weighted by atomic mass is 16.5. The molecule has 1 aromatic heterocycles. The third kappa shape index (κ3) is 8.19. The van der Waals surface area contributed by atoms with E-state index in [1.807, 2.05) is 32.9 Å². The Labute approximate surface area is 213 Å². The summed E-state index contributed by atoms with van der Waals surface area (Å²) >= 11 is 0. The number of piperidine rings is 1. The van der Waals surface area contributed by atoms with Gasteiger partial charge < -0.3 is 20.3 Å². The van der Waals surface area contributed by atoms with Crippen LogP contribution in [0.5, 0.6) is 5.75 Å². The number of aromatic nitrogens is 2. The fourth-order valence-corrected chi connectivity index (χ4v) is 4.38. The number of carbonyl (C=O) groups excluding carboxylic acids is 2. The lowest BCUT2D eigenvalue weighted by Crippen LogP contribution is -2.43. The lowest BCUT2D eigenvalue weighted by Gasteiger charge is -2.26. The molecule has 1 aromatic carbocycles. The molecule has 1 aliphatic heterocycles. The van der Waals surface area contributed by atoms with Gasteiger partial charge in [0, 0.05) is 23.2 Å². The number of methoxy groups -OCH3 is 1. The minimum atomic E-state index is -0.456. The summed E-state index contributed by atoms with van der Waals surface area (Å²) in [6, 6.07) is 7.25. The van der Waals surface area contributed by atoms with Gasteiger partial charge in [0.2, 0.25) is 11.8 Å². The lowest BCUT2D eigenvalue weighted by atomic mass is 9.99. The van der Waals surface area contributed by atoms with Crippen LogP contribution in [0.3, 0.4) is 0 Å². The maximum absolute atomic E-state index is 13.4. The molecule has 0 bridgehead atoms. The molecule has 0 saturated carbocycles. The quantitative estimate of drug-likeness (QED) is 0.488. The molecule has 1 aliphatic rings. The van der Waals surface area contributed by atoms with Gasteiger partial charge in [-0.25, -0.2) is 4.68 Å². The van der Waals surface area contributed by atoms with Crippen molar-refractivity contribution in [2.24, 2.45) is 0 Å². The molecule has 196 valence electrons. The summed E-state index contributed by atoms with van der Waals surface area (Å²) in [5.74, 6) is 0.0804. The van der Waals surface area contributed by atoms with Crippen LogP contribution in [0.25, 0.3) is 11.1 Å². The fraction of sp³-hybridized carbons (Fsp3) is 0.556. The number of ether oxygens (including phenoxy) is 1. The minimum absolute atomic E-state index is 0.122. The Morgan fingerprint density at radius 1 is 1.11 bits per heavy atom. The Bertz CT molecular complexity index is 1100. The van der Waals surface area contributed by atoms with Gasteiger partial charge >= 0.3 is 0 Å². The number of benzene rings is 1. The van der Waals surface area contributed by atoms with Crippen molar-refractivity contribution in [1.29, 1.82) is 0 Å². The summed E-state index contributed by atoms with van der Waals surface area (Å²) in [7, 11) is 1.57. The van der Waals surface area contributed by atoms with Crippen LogP contribution in [-0.4, -0.2) is 65.3 Å². The van der Waals surface area contributed by atoms with Gasteiger partial charge in [-0.05, 0) is 77.4 Å². The molecule has 36 heavy (non-hydrogen) atoms. The van der Waals surface area contributed by atoms with E-state index in [0.29, 0.717) is 23.4 Å². The minimum Gasteiger partial charge on any atom is -0.497 e. The van der Waals surface area contributed by atoms with E-state index in [1.54, 1.807) is 25.4 Å². The topological polar surface area (TPSA) is 106 Å². The van der Waals surface area contributed by atoms with Gasteiger partial charge in [0.15, 0.2) is 0 Å². The normalized spacial score (nSPS) is 14.3. The Kier molecular flexibility index (Phi) is 9.64. The third-order valence-corrected chi connectivity index (χ3v) is 6.09. The molecule has 0 atom stereocenters. The fourth-order valence-electron chi connectivity index (χ4n) is 4.38. The molecule has 9 heteroatoms. The lowest BCUT2D eigenvalue weighted by molar-refractivity contribution is -0.122. The van der Waals surface area contributed by atoms with Crippen molar-refractivity contribution in [3.63, 3.8) is 0 Å². The Hall–Kier alpha value is -3.20. The Morgan fingerprint density at radius 3 is 2.56 bits per heavy atom. The van der Waals surface area contributed by atoms with E-state index in [0.717, 1.165) is 30.7 Å². The highest BCUT2D eigenvalue weighted by Crippen LogP contribution is 2.25. The molecule has 1 saturated heterocycles. The molecular formula is C27H39N5O4. The Morgan fingerprint density at radius 2 is 1.86 bits per heavy atom. The van der Waals surface area contributed by atoms with Gasteiger partial charge in [0.05, 0.1) is 19.7 Å². The first-order chi connectivity index (χ1) is 17.2. The maximum atomic E-state index is 13.4. The summed E-state index contributed by atoms with van der Waals surface area (Å²) < 4.78 is 6.44. The summed E-state index contributed by atoms with van der Waals surface area (Å²) in [6.07, 6.45) is 6.06. The van der Waals surface area contributed by atoms with E-state index in [4.69, 9.17) is 4.74 Å². The summed E-state index contributed by atoms with van der Waals surface area (Å²) in [5, 5.41) is 10.0. The third-order valence-electron chi connectivity index (χ3n) is 6.09. The smallest absolute Gasteiger partial charge is 0.271 e. The van der Waals surface area contributed by atoms with Gasteiger partial charge in [-0.1, -0.05) is 18.6 Å². The molecule has 0 radical (unpaired) electrons. The molecule has 2 amide bonds. The van der Waals surface area contributed by atoms with Crippen LogP contribution < -0.4 is 20.9 Å². The molecule has 1 fully saturated rings. The second-order valence-electron chi connectivity index (χ2n) is 10.3. The molecular weight excluding hydrogens is 458 g/mol. The number of rotatable bonds is 10. The van der Waals surface area contributed by atoms with Crippen molar-refractivity contribution in [2.45, 2.75) is 65.0 Å². The zero-order valence-electron chi connectivity index (χ0n) is 21.9. The van der Waals surface area contributed by atoms with Gasteiger partial charge in [0.25, 0.3) is 5.56 Å². The summed E-state index contributed by atoms with van der Waals surface area (Å²) in [4.78, 5) is 41.1. The molecule has 2 heterocycles. The van der Waals surface area contributed by atoms with Gasteiger partial charge in [-0.3, -0.25) is 14.4 Å². The van der Waals surface area contributed by atoms with Crippen LogP contribution >= 0.6 is 0 Å². The van der Waals surface area contributed by atoms with Gasteiger partial charge in [-0.2, -0.15) is 5.10 Å². The zero-order valence-corrected chi connectivity index (χ0v) is 21.9. The average Bonchev–Trinajstić information content (AvgIpc) is 2.84. The first kappa shape index (κ1) is 27.4. The molecule has 0 unspecified atom stereocenters. The molecule has 2 N–H and O–H groups in total. The van der Waals surface area contributed by atoms with E-state index >= 15 is 0 Å². The summed E-state index contributed by atoms with van der Waals surface area (Å²) in [5.41, 5.74) is 0.654. The monoisotopic (exact) mass is 497 g/mol. The number of nitrogens with one attached hydrogen (secondary N) is 2. The second-order valence-corrected chi connectivity index (χ2v) is 10.3. The van der Waals surface area contributed by atoms with Crippen molar-refractivity contribution >= 4 is 11.8 Å². The zero-order chi connectivity index (χ0) is 26.1. The van der Waals surface area contributed by atoms with Crippen LogP contribution in [0.2, 0.25) is 0 Å². The number of hydrogen-bond donors (Lipinski definition) is 2. The highest BCUT2D eigenvalue weighted by Gasteiger charge is 2.21. The van der Waals surface area contributed by atoms with E-state index in [1.165, 1.54) is 19.3 Å². The summed E-state index contributed by atoms with van der Waals surface area (Å²) in [6.45, 7) is 9.20.